The van der Waals surface area contributed by atoms with E-state index in [4.69, 9.17) is 9.84 Å². The van der Waals surface area contributed by atoms with E-state index < -0.39 is 5.97 Å². The SMILES string of the molecule is CC(C)CCCOc1ccc(N2CCN(c3ccc(C(=O)O)cc3)CC2)cc1. The highest BCUT2D eigenvalue weighted by atomic mass is 16.5. The Morgan fingerprint density at radius 3 is 1.89 bits per heavy atom. The van der Waals surface area contributed by atoms with E-state index in [-0.39, 0.29) is 0 Å². The molecule has 1 saturated heterocycles. The number of benzene rings is 2. The van der Waals surface area contributed by atoms with Gasteiger partial charge in [0.05, 0.1) is 12.2 Å². The first kappa shape index (κ1) is 20.1. The number of aromatic carboxylic acids is 1. The smallest absolute Gasteiger partial charge is 0.335 e. The number of carboxylic acid groups (broad SMARTS) is 1. The van der Waals surface area contributed by atoms with Crippen LogP contribution in [0.4, 0.5) is 11.4 Å². The van der Waals surface area contributed by atoms with Gasteiger partial charge in [-0.1, -0.05) is 13.8 Å². The number of hydrogen-bond acceptors (Lipinski definition) is 4. The van der Waals surface area contributed by atoms with E-state index >= 15 is 0 Å². The minimum absolute atomic E-state index is 0.328. The molecule has 1 fully saturated rings. The third-order valence-corrected chi connectivity index (χ3v) is 5.16. The van der Waals surface area contributed by atoms with Gasteiger partial charge in [0.2, 0.25) is 0 Å². The molecule has 0 amide bonds. The van der Waals surface area contributed by atoms with Crippen LogP contribution in [0.3, 0.4) is 0 Å². The van der Waals surface area contributed by atoms with Gasteiger partial charge in [0.1, 0.15) is 5.75 Å². The van der Waals surface area contributed by atoms with Gasteiger partial charge in [0.15, 0.2) is 0 Å². The van der Waals surface area contributed by atoms with Crippen molar-refractivity contribution in [2.45, 2.75) is 26.7 Å². The summed E-state index contributed by atoms with van der Waals surface area (Å²) in [6.45, 7) is 8.96. The number of carbonyl (C=O) groups is 1. The summed E-state index contributed by atoms with van der Waals surface area (Å²) in [5, 5.41) is 9.02. The van der Waals surface area contributed by atoms with E-state index in [1.54, 1.807) is 12.1 Å². The Bertz CT molecular complexity index is 748. The van der Waals surface area contributed by atoms with Crippen molar-refractivity contribution in [2.75, 3.05) is 42.6 Å². The molecule has 1 aliphatic heterocycles. The molecular weight excluding hydrogens is 352 g/mol. The maximum absolute atomic E-state index is 11.0. The summed E-state index contributed by atoms with van der Waals surface area (Å²) in [4.78, 5) is 15.7. The molecule has 0 aromatic heterocycles. The third kappa shape index (κ3) is 5.41. The molecule has 150 valence electrons. The van der Waals surface area contributed by atoms with Gasteiger partial charge in [-0.3, -0.25) is 0 Å². The summed E-state index contributed by atoms with van der Waals surface area (Å²) < 4.78 is 5.83. The summed E-state index contributed by atoms with van der Waals surface area (Å²) in [6, 6.07) is 15.5. The summed E-state index contributed by atoms with van der Waals surface area (Å²) >= 11 is 0. The fourth-order valence-electron chi connectivity index (χ4n) is 3.47. The van der Waals surface area contributed by atoms with Crippen molar-refractivity contribution in [3.63, 3.8) is 0 Å². The topological polar surface area (TPSA) is 53.0 Å². The standard InChI is InChI=1S/C23H30N2O3/c1-18(2)4-3-17-28-22-11-9-21(10-12-22)25-15-13-24(14-16-25)20-7-5-19(6-8-20)23(26)27/h5-12,18H,3-4,13-17H2,1-2H3,(H,26,27). The van der Waals surface area contributed by atoms with Crippen molar-refractivity contribution >= 4 is 17.3 Å². The summed E-state index contributed by atoms with van der Waals surface area (Å²) in [6.07, 6.45) is 2.29. The summed E-state index contributed by atoms with van der Waals surface area (Å²) in [7, 11) is 0. The first-order chi connectivity index (χ1) is 13.5. The lowest BCUT2D eigenvalue weighted by Gasteiger charge is -2.37. The number of carboxylic acids is 1. The second-order valence-corrected chi connectivity index (χ2v) is 7.70. The van der Waals surface area contributed by atoms with Gasteiger partial charge in [-0.25, -0.2) is 4.79 Å². The molecule has 28 heavy (non-hydrogen) atoms. The Balaban J connectivity index is 1.48. The van der Waals surface area contributed by atoms with Crippen LogP contribution in [0.1, 0.15) is 37.0 Å². The van der Waals surface area contributed by atoms with Crippen LogP contribution in [-0.4, -0.2) is 43.9 Å². The zero-order valence-corrected chi connectivity index (χ0v) is 16.8. The average molecular weight is 383 g/mol. The quantitative estimate of drug-likeness (QED) is 0.680. The maximum atomic E-state index is 11.0. The molecule has 3 rings (SSSR count). The van der Waals surface area contributed by atoms with E-state index in [9.17, 15) is 4.79 Å². The summed E-state index contributed by atoms with van der Waals surface area (Å²) in [5.41, 5.74) is 2.62. The molecule has 2 aromatic carbocycles. The van der Waals surface area contributed by atoms with Crippen molar-refractivity contribution in [3.05, 3.63) is 54.1 Å². The van der Waals surface area contributed by atoms with Crippen molar-refractivity contribution in [1.29, 1.82) is 0 Å². The van der Waals surface area contributed by atoms with Gasteiger partial charge < -0.3 is 19.6 Å². The lowest BCUT2D eigenvalue weighted by Crippen LogP contribution is -2.46. The highest BCUT2D eigenvalue weighted by Gasteiger charge is 2.18. The fourth-order valence-corrected chi connectivity index (χ4v) is 3.47. The van der Waals surface area contributed by atoms with Crippen molar-refractivity contribution in [1.82, 2.24) is 0 Å². The van der Waals surface area contributed by atoms with Gasteiger partial charge in [0.25, 0.3) is 0 Å². The Morgan fingerprint density at radius 2 is 1.43 bits per heavy atom. The molecule has 5 nitrogen and oxygen atoms in total. The predicted molar refractivity (Wildman–Crippen MR) is 114 cm³/mol. The average Bonchev–Trinajstić information content (AvgIpc) is 2.72. The molecule has 2 aromatic rings. The first-order valence-corrected chi connectivity index (χ1v) is 10.1. The van der Waals surface area contributed by atoms with Crippen molar-refractivity contribution in [2.24, 2.45) is 5.92 Å². The number of rotatable bonds is 8. The molecule has 1 heterocycles. The molecule has 0 bridgehead atoms. The lowest BCUT2D eigenvalue weighted by atomic mass is 10.1. The van der Waals surface area contributed by atoms with Crippen LogP contribution >= 0.6 is 0 Å². The zero-order valence-electron chi connectivity index (χ0n) is 16.8. The number of anilines is 2. The maximum Gasteiger partial charge on any atom is 0.335 e. The largest absolute Gasteiger partial charge is 0.494 e. The highest BCUT2D eigenvalue weighted by molar-refractivity contribution is 5.88. The normalized spacial score (nSPS) is 14.4. The lowest BCUT2D eigenvalue weighted by molar-refractivity contribution is 0.0697. The molecule has 0 radical (unpaired) electrons. The first-order valence-electron chi connectivity index (χ1n) is 10.1. The number of nitrogens with zero attached hydrogens (tertiary/aromatic N) is 2. The molecule has 0 saturated carbocycles. The molecule has 1 aliphatic rings. The van der Waals surface area contributed by atoms with Crippen LogP contribution in [-0.2, 0) is 0 Å². The molecule has 0 spiro atoms. The Morgan fingerprint density at radius 1 is 0.929 bits per heavy atom. The monoisotopic (exact) mass is 382 g/mol. The third-order valence-electron chi connectivity index (χ3n) is 5.16. The second kappa shape index (κ2) is 9.49. The van der Waals surface area contributed by atoms with Crippen LogP contribution in [0.25, 0.3) is 0 Å². The van der Waals surface area contributed by atoms with Crippen LogP contribution in [0.2, 0.25) is 0 Å². The van der Waals surface area contributed by atoms with Crippen LogP contribution in [0, 0.1) is 5.92 Å². The predicted octanol–water partition coefficient (Wildman–Crippen LogP) is 4.53. The van der Waals surface area contributed by atoms with Gasteiger partial charge in [0, 0.05) is 37.6 Å². The Hall–Kier alpha value is -2.69. The van der Waals surface area contributed by atoms with Crippen LogP contribution < -0.4 is 14.5 Å². The van der Waals surface area contributed by atoms with E-state index in [1.165, 1.54) is 12.1 Å². The Labute approximate surface area is 167 Å². The number of hydrogen-bond donors (Lipinski definition) is 1. The molecule has 1 N–H and O–H groups in total. The van der Waals surface area contributed by atoms with E-state index in [1.807, 2.05) is 12.1 Å². The number of ether oxygens (including phenoxy) is 1. The van der Waals surface area contributed by atoms with Gasteiger partial charge in [-0.2, -0.15) is 0 Å². The molecule has 0 atom stereocenters. The molecule has 5 heteroatoms. The minimum Gasteiger partial charge on any atom is -0.494 e. The van der Waals surface area contributed by atoms with Crippen molar-refractivity contribution in [3.8, 4) is 5.75 Å². The molecular formula is C23H30N2O3. The summed E-state index contributed by atoms with van der Waals surface area (Å²) in [5.74, 6) is 0.771. The second-order valence-electron chi connectivity index (χ2n) is 7.70. The van der Waals surface area contributed by atoms with Gasteiger partial charge >= 0.3 is 5.97 Å². The zero-order chi connectivity index (χ0) is 19.9. The van der Waals surface area contributed by atoms with Gasteiger partial charge in [-0.05, 0) is 67.3 Å². The van der Waals surface area contributed by atoms with E-state index in [0.29, 0.717) is 5.56 Å². The Kier molecular flexibility index (Phi) is 6.80. The fraction of sp³-hybridized carbons (Fsp3) is 0.435. The number of piperazine rings is 1. The van der Waals surface area contributed by atoms with Gasteiger partial charge in [-0.15, -0.1) is 0 Å². The van der Waals surface area contributed by atoms with E-state index in [0.717, 1.165) is 56.6 Å². The highest BCUT2D eigenvalue weighted by Crippen LogP contribution is 2.23. The van der Waals surface area contributed by atoms with E-state index in [2.05, 4.69) is 47.9 Å². The minimum atomic E-state index is -0.885. The van der Waals surface area contributed by atoms with Crippen molar-refractivity contribution < 1.29 is 14.6 Å². The molecule has 0 unspecified atom stereocenters. The van der Waals surface area contributed by atoms with Crippen LogP contribution in [0.15, 0.2) is 48.5 Å². The van der Waals surface area contributed by atoms with Crippen LogP contribution in [0.5, 0.6) is 5.75 Å². The molecule has 0 aliphatic carbocycles.